The van der Waals surface area contributed by atoms with Gasteiger partial charge in [-0.25, -0.2) is 13.1 Å². The van der Waals surface area contributed by atoms with Crippen molar-refractivity contribution < 1.29 is 17.9 Å². The Bertz CT molecular complexity index is 1250. The molecule has 0 saturated heterocycles. The van der Waals surface area contributed by atoms with Crippen molar-refractivity contribution in [2.75, 3.05) is 23.4 Å². The predicted molar refractivity (Wildman–Crippen MR) is 120 cm³/mol. The molecule has 0 unspecified atom stereocenters. The highest BCUT2D eigenvalue weighted by Crippen LogP contribution is 2.31. The number of ether oxygens (including phenoxy) is 1. The third-order valence-corrected chi connectivity index (χ3v) is 5.77. The van der Waals surface area contributed by atoms with Crippen molar-refractivity contribution >= 4 is 27.3 Å². The summed E-state index contributed by atoms with van der Waals surface area (Å²) < 4.78 is 32.5. The summed E-state index contributed by atoms with van der Waals surface area (Å²) >= 11 is 0. The van der Waals surface area contributed by atoms with Crippen LogP contribution in [0.2, 0.25) is 0 Å². The highest BCUT2D eigenvalue weighted by Gasteiger charge is 2.27. The van der Waals surface area contributed by atoms with E-state index in [1.165, 1.54) is 7.11 Å². The lowest BCUT2D eigenvalue weighted by atomic mass is 10.2. The zero-order valence-electron chi connectivity index (χ0n) is 17.6. The van der Waals surface area contributed by atoms with Gasteiger partial charge in [-0.15, -0.1) is 0 Å². The first-order valence-electron chi connectivity index (χ1n) is 9.90. The summed E-state index contributed by atoms with van der Waals surface area (Å²) in [5.41, 5.74) is 5.32. The number of nitrogens with zero attached hydrogens (tertiary/aromatic N) is 2. The van der Waals surface area contributed by atoms with Gasteiger partial charge in [-0.3, -0.25) is 9.52 Å². The minimum absolute atomic E-state index is 0.299. The monoisotopic (exact) mass is 440 g/mol. The quantitative estimate of drug-likeness (QED) is 0.612. The van der Waals surface area contributed by atoms with E-state index in [1.807, 2.05) is 35.9 Å². The number of benzene rings is 2. The number of carbonyl (C=O) groups excluding carboxylic acids is 1. The average Bonchev–Trinajstić information content (AvgIpc) is 3.31. The molecule has 1 aliphatic carbocycles. The van der Waals surface area contributed by atoms with Crippen LogP contribution in [0.15, 0.2) is 42.5 Å². The van der Waals surface area contributed by atoms with Crippen LogP contribution in [-0.4, -0.2) is 37.5 Å². The highest BCUT2D eigenvalue weighted by atomic mass is 32.2. The molecule has 0 bridgehead atoms. The van der Waals surface area contributed by atoms with E-state index < -0.39 is 10.0 Å². The molecule has 4 rings (SSSR count). The van der Waals surface area contributed by atoms with E-state index in [0.717, 1.165) is 48.0 Å². The molecule has 162 valence electrons. The second-order valence-corrected chi connectivity index (χ2v) is 9.37. The third-order valence-electron chi connectivity index (χ3n) is 5.18. The first-order chi connectivity index (χ1) is 14.7. The molecule has 8 nitrogen and oxygen atoms in total. The van der Waals surface area contributed by atoms with E-state index in [1.54, 1.807) is 18.2 Å². The Morgan fingerprint density at radius 1 is 1.13 bits per heavy atom. The maximum absolute atomic E-state index is 13.0. The summed E-state index contributed by atoms with van der Waals surface area (Å²) in [7, 11) is -2.02. The van der Waals surface area contributed by atoms with Crippen LogP contribution >= 0.6 is 0 Å². The molecule has 9 heteroatoms. The fourth-order valence-electron chi connectivity index (χ4n) is 3.76. The number of anilines is 2. The van der Waals surface area contributed by atoms with Crippen molar-refractivity contribution in [1.82, 2.24) is 9.78 Å². The van der Waals surface area contributed by atoms with Crippen LogP contribution in [0.25, 0.3) is 5.69 Å². The molecule has 1 aliphatic rings. The summed E-state index contributed by atoms with van der Waals surface area (Å²) in [4.78, 5) is 13.0. The first-order valence-corrected chi connectivity index (χ1v) is 11.8. The fraction of sp³-hybridized carbons (Fsp3) is 0.273. The molecule has 2 N–H and O–H groups in total. The minimum atomic E-state index is -3.45. The van der Waals surface area contributed by atoms with Gasteiger partial charge in [-0.1, -0.05) is 17.7 Å². The lowest BCUT2D eigenvalue weighted by Crippen LogP contribution is -2.15. The van der Waals surface area contributed by atoms with Crippen molar-refractivity contribution in [3.05, 3.63) is 65.0 Å². The summed E-state index contributed by atoms with van der Waals surface area (Å²) in [5.74, 6) is -0.00599. The molecule has 0 radical (unpaired) electrons. The number of sulfonamides is 1. The zero-order valence-corrected chi connectivity index (χ0v) is 18.4. The SMILES string of the molecule is COc1cc(NC(=O)c2nn(-c3ccc(C)cc3)c3c2CCC3)ccc1NS(C)(=O)=O. The van der Waals surface area contributed by atoms with Gasteiger partial charge in [0.1, 0.15) is 5.75 Å². The van der Waals surface area contributed by atoms with Gasteiger partial charge in [0, 0.05) is 23.0 Å². The van der Waals surface area contributed by atoms with Crippen LogP contribution in [0.4, 0.5) is 11.4 Å². The molecule has 0 spiro atoms. The molecule has 1 amide bonds. The van der Waals surface area contributed by atoms with Gasteiger partial charge in [0.15, 0.2) is 5.69 Å². The highest BCUT2D eigenvalue weighted by molar-refractivity contribution is 7.92. The molecule has 1 heterocycles. The van der Waals surface area contributed by atoms with Gasteiger partial charge in [-0.2, -0.15) is 5.10 Å². The van der Waals surface area contributed by atoms with Gasteiger partial charge >= 0.3 is 0 Å². The van der Waals surface area contributed by atoms with Gasteiger partial charge < -0.3 is 10.1 Å². The number of aryl methyl sites for hydroxylation is 1. The molecule has 0 atom stereocenters. The van der Waals surface area contributed by atoms with Crippen LogP contribution in [0.1, 0.15) is 33.7 Å². The Hall–Kier alpha value is -3.33. The summed E-state index contributed by atoms with van der Waals surface area (Å²) in [5, 5.41) is 7.47. The number of hydrogen-bond donors (Lipinski definition) is 2. The Morgan fingerprint density at radius 2 is 1.87 bits per heavy atom. The van der Waals surface area contributed by atoms with Crippen LogP contribution in [0.5, 0.6) is 5.75 Å². The third kappa shape index (κ3) is 4.41. The topological polar surface area (TPSA) is 102 Å². The van der Waals surface area contributed by atoms with Crippen molar-refractivity contribution in [1.29, 1.82) is 0 Å². The van der Waals surface area contributed by atoms with E-state index in [9.17, 15) is 13.2 Å². The molecule has 2 aromatic carbocycles. The van der Waals surface area contributed by atoms with Crippen LogP contribution < -0.4 is 14.8 Å². The molecule has 31 heavy (non-hydrogen) atoms. The summed E-state index contributed by atoms with van der Waals surface area (Å²) in [6.07, 6.45) is 3.74. The lowest BCUT2D eigenvalue weighted by molar-refractivity contribution is 0.102. The number of fused-ring (bicyclic) bond motifs is 1. The van der Waals surface area contributed by atoms with E-state index in [4.69, 9.17) is 4.74 Å². The predicted octanol–water partition coefficient (Wildman–Crippen LogP) is 3.30. The number of nitrogens with one attached hydrogen (secondary N) is 2. The maximum Gasteiger partial charge on any atom is 0.276 e. The number of carbonyl (C=O) groups is 1. The van der Waals surface area contributed by atoms with Crippen molar-refractivity contribution in [2.24, 2.45) is 0 Å². The molecule has 1 aromatic heterocycles. The molecule has 0 saturated carbocycles. The second kappa shape index (κ2) is 8.07. The summed E-state index contributed by atoms with van der Waals surface area (Å²) in [6.45, 7) is 2.03. The fourth-order valence-corrected chi connectivity index (χ4v) is 4.33. The molecule has 0 fully saturated rings. The number of aromatic nitrogens is 2. The Labute approximate surface area is 181 Å². The Kier molecular flexibility index (Phi) is 5.45. The van der Waals surface area contributed by atoms with Crippen LogP contribution in [0.3, 0.4) is 0 Å². The maximum atomic E-state index is 13.0. The second-order valence-electron chi connectivity index (χ2n) is 7.62. The molecular formula is C22H24N4O4S. The summed E-state index contributed by atoms with van der Waals surface area (Å²) in [6, 6.07) is 12.8. The van der Waals surface area contributed by atoms with Gasteiger partial charge in [-0.05, 0) is 50.5 Å². The van der Waals surface area contributed by atoms with E-state index >= 15 is 0 Å². The Morgan fingerprint density at radius 3 is 2.55 bits per heavy atom. The lowest BCUT2D eigenvalue weighted by Gasteiger charge is -2.12. The van der Waals surface area contributed by atoms with Gasteiger partial charge in [0.2, 0.25) is 10.0 Å². The van der Waals surface area contributed by atoms with Gasteiger partial charge in [0.05, 0.1) is 24.7 Å². The van der Waals surface area contributed by atoms with Crippen molar-refractivity contribution in [2.45, 2.75) is 26.2 Å². The number of methoxy groups -OCH3 is 1. The minimum Gasteiger partial charge on any atom is -0.494 e. The molecule has 0 aliphatic heterocycles. The van der Waals surface area contributed by atoms with E-state index in [2.05, 4.69) is 15.1 Å². The number of hydrogen-bond acceptors (Lipinski definition) is 5. The van der Waals surface area contributed by atoms with E-state index in [-0.39, 0.29) is 5.91 Å². The standard InChI is InChI=1S/C22H24N4O4S/c1-14-7-10-16(11-8-14)26-19-6-4-5-17(19)21(24-26)22(27)23-15-9-12-18(20(13-15)30-2)25-31(3,28)29/h7-13,25H,4-6H2,1-3H3,(H,23,27). The zero-order chi connectivity index (χ0) is 22.2. The van der Waals surface area contributed by atoms with Crippen LogP contribution in [0, 0.1) is 6.92 Å². The first kappa shape index (κ1) is 20.9. The van der Waals surface area contributed by atoms with Crippen LogP contribution in [-0.2, 0) is 22.9 Å². The van der Waals surface area contributed by atoms with Crippen molar-refractivity contribution in [3.8, 4) is 11.4 Å². The number of amides is 1. The van der Waals surface area contributed by atoms with Gasteiger partial charge in [0.25, 0.3) is 5.91 Å². The van der Waals surface area contributed by atoms with E-state index in [0.29, 0.717) is 22.8 Å². The largest absolute Gasteiger partial charge is 0.494 e. The average molecular weight is 441 g/mol. The normalized spacial score (nSPS) is 13.0. The Balaban J connectivity index is 1.62. The smallest absolute Gasteiger partial charge is 0.276 e. The van der Waals surface area contributed by atoms with Crippen molar-refractivity contribution in [3.63, 3.8) is 0 Å². The number of rotatable bonds is 6. The molecular weight excluding hydrogens is 416 g/mol. The molecule has 3 aromatic rings.